The second-order valence-electron chi connectivity index (χ2n) is 23.9. The Labute approximate surface area is 429 Å². The molecular formula is C63H78O5Si3. The Balaban J connectivity index is 1.27. The minimum atomic E-state index is -3.14. The van der Waals surface area contributed by atoms with E-state index in [1.165, 1.54) is 36.7 Å². The molecular weight excluding hydrogens is 921 g/mol. The van der Waals surface area contributed by atoms with Crippen molar-refractivity contribution in [3.8, 4) is 0 Å². The molecule has 1 saturated carbocycles. The van der Waals surface area contributed by atoms with E-state index in [0.29, 0.717) is 32.7 Å². The lowest BCUT2D eigenvalue weighted by Gasteiger charge is -2.51. The van der Waals surface area contributed by atoms with Gasteiger partial charge in [-0.05, 0) is 77.5 Å². The van der Waals surface area contributed by atoms with Gasteiger partial charge in [-0.25, -0.2) is 0 Å². The van der Waals surface area contributed by atoms with Gasteiger partial charge < -0.3 is 23.1 Å². The van der Waals surface area contributed by atoms with E-state index >= 15 is 0 Å². The van der Waals surface area contributed by atoms with Crippen molar-refractivity contribution in [2.45, 2.75) is 115 Å². The Kier molecular flexibility index (Phi) is 14.5. The zero-order valence-electron chi connectivity index (χ0n) is 43.9. The molecule has 0 radical (unpaired) electrons. The van der Waals surface area contributed by atoms with Gasteiger partial charge in [-0.15, -0.1) is 0 Å². The Morgan fingerprint density at radius 2 is 0.873 bits per heavy atom. The monoisotopic (exact) mass is 999 g/mol. The summed E-state index contributed by atoms with van der Waals surface area (Å²) in [7, 11) is -9.20. The van der Waals surface area contributed by atoms with Crippen LogP contribution < -0.4 is 31.1 Å². The number of epoxide rings is 1. The summed E-state index contributed by atoms with van der Waals surface area (Å²) in [6.07, 6.45) is 5.44. The Hall–Kier alpha value is -4.49. The molecule has 1 saturated heterocycles. The number of allylic oxidation sites excluding steroid dienone is 1. The number of ether oxygens (including phenoxy) is 1. The van der Waals surface area contributed by atoms with E-state index in [1.54, 1.807) is 0 Å². The van der Waals surface area contributed by atoms with Crippen LogP contribution in [0.4, 0.5) is 0 Å². The highest BCUT2D eigenvalue weighted by molar-refractivity contribution is 7.00. The molecule has 6 aromatic rings. The van der Waals surface area contributed by atoms with Crippen LogP contribution in [0.5, 0.6) is 0 Å². The van der Waals surface area contributed by atoms with Crippen LogP contribution in [-0.4, -0.2) is 68.2 Å². The zero-order chi connectivity index (χ0) is 50.2. The summed E-state index contributed by atoms with van der Waals surface area (Å²) in [5.41, 5.74) is 0.162. The van der Waals surface area contributed by atoms with Gasteiger partial charge >= 0.3 is 0 Å². The van der Waals surface area contributed by atoms with Crippen LogP contribution >= 0.6 is 0 Å². The van der Waals surface area contributed by atoms with Gasteiger partial charge in [0.15, 0.2) is 0 Å². The van der Waals surface area contributed by atoms with Crippen LogP contribution in [0.25, 0.3) is 0 Å². The standard InChI is InChI=1S/C63H78O5Si3/c1-59(2,3)69(50-29-16-10-17-30-50,51-31-18-11-19-32-51)66-44-43-62(47-67-70(60(4,5)6,52-33-20-12-21-34-52)53-35-22-13-23-36-53)45-49(46-64)63(48-65-63)57-42-28-41-56(62)58(57)68-71(61(7,8)9,54-37-24-14-25-38-54)55-39-26-15-27-40-55/h10-27,29-41,49,57-58,64H,28,42-48H2,1-9H3/t49-,57-,58+,62-,63?/m0/s1. The van der Waals surface area contributed by atoms with E-state index < -0.39 is 36.0 Å². The summed E-state index contributed by atoms with van der Waals surface area (Å²) in [6.45, 7) is 22.9. The molecule has 0 amide bonds. The normalized spacial score (nSPS) is 23.0. The molecule has 372 valence electrons. The first-order valence-electron chi connectivity index (χ1n) is 26.2. The lowest BCUT2D eigenvalue weighted by Crippen LogP contribution is -2.69. The van der Waals surface area contributed by atoms with Crippen molar-refractivity contribution in [2.24, 2.45) is 17.3 Å². The predicted octanol–water partition coefficient (Wildman–Crippen LogP) is 10.6. The molecule has 2 aliphatic carbocycles. The van der Waals surface area contributed by atoms with E-state index in [-0.39, 0.29) is 39.7 Å². The molecule has 71 heavy (non-hydrogen) atoms. The van der Waals surface area contributed by atoms with Crippen molar-refractivity contribution < 1.29 is 23.1 Å². The van der Waals surface area contributed by atoms with Gasteiger partial charge in [-0.2, -0.15) is 0 Å². The Morgan fingerprint density at radius 1 is 0.521 bits per heavy atom. The molecule has 2 fully saturated rings. The number of benzene rings is 6. The Morgan fingerprint density at radius 3 is 1.21 bits per heavy atom. The first kappa shape index (κ1) is 51.4. The van der Waals surface area contributed by atoms with Crippen molar-refractivity contribution in [1.82, 2.24) is 0 Å². The molecule has 5 nitrogen and oxygen atoms in total. The molecule has 9 rings (SSSR count). The molecule has 1 heterocycles. The maximum Gasteiger partial charge on any atom is 0.261 e. The lowest BCUT2D eigenvalue weighted by molar-refractivity contribution is 0.0354. The van der Waals surface area contributed by atoms with E-state index in [0.717, 1.165) is 12.8 Å². The van der Waals surface area contributed by atoms with E-state index in [4.69, 9.17) is 18.0 Å². The fourth-order valence-corrected chi connectivity index (χ4v) is 27.3. The summed E-state index contributed by atoms with van der Waals surface area (Å²) in [5, 5.41) is 18.8. The highest BCUT2D eigenvalue weighted by Crippen LogP contribution is 2.61. The van der Waals surface area contributed by atoms with Crippen LogP contribution in [0.1, 0.15) is 88.0 Å². The number of aliphatic hydroxyl groups is 1. The molecule has 1 N–H and O–H groups in total. The average Bonchev–Trinajstić information content (AvgIpc) is 4.18. The number of hydrogen-bond donors (Lipinski definition) is 1. The minimum absolute atomic E-state index is 0.0201. The molecule has 1 spiro atoms. The SMILES string of the molecule is CC(C)(C)[Si](OCC[C@@]1(CO[Si](c2ccccc2)(c2ccccc2)C(C)(C)C)C[C@@H](CO)C2(CO2)[C@H]2CCC=C1[C@H]2O[Si](c1ccccc1)(c1ccccc1)C(C)(C)C)(c1ccccc1)c1ccccc1. The van der Waals surface area contributed by atoms with Crippen LogP contribution in [0.3, 0.4) is 0 Å². The van der Waals surface area contributed by atoms with Crippen molar-refractivity contribution >= 4 is 56.1 Å². The number of hydrogen-bond acceptors (Lipinski definition) is 5. The molecule has 2 bridgehead atoms. The molecule has 0 aromatic heterocycles. The van der Waals surface area contributed by atoms with Crippen molar-refractivity contribution in [2.75, 3.05) is 26.4 Å². The van der Waals surface area contributed by atoms with Crippen LogP contribution in [0.2, 0.25) is 15.1 Å². The van der Waals surface area contributed by atoms with Gasteiger partial charge in [0, 0.05) is 37.1 Å². The van der Waals surface area contributed by atoms with Crippen molar-refractivity contribution in [3.63, 3.8) is 0 Å². The molecule has 3 aliphatic rings. The topological polar surface area (TPSA) is 60.5 Å². The van der Waals surface area contributed by atoms with Gasteiger partial charge in [0.05, 0.1) is 12.7 Å². The fraction of sp³-hybridized carbons (Fsp3) is 0.397. The second-order valence-corrected chi connectivity index (χ2v) is 36.7. The third-order valence-corrected chi connectivity index (χ3v) is 31.8. The molecule has 8 heteroatoms. The summed E-state index contributed by atoms with van der Waals surface area (Å²) in [4.78, 5) is 0. The van der Waals surface area contributed by atoms with Crippen molar-refractivity contribution in [3.05, 3.63) is 194 Å². The highest BCUT2D eigenvalue weighted by atomic mass is 28.4. The molecule has 1 unspecified atom stereocenters. The molecule has 5 atom stereocenters. The van der Waals surface area contributed by atoms with Gasteiger partial charge in [-0.3, -0.25) is 0 Å². The fourth-order valence-electron chi connectivity index (χ4n) is 13.4. The summed E-state index contributed by atoms with van der Waals surface area (Å²) in [5.74, 6) is -0.106. The number of aliphatic hydroxyl groups excluding tert-OH is 1. The van der Waals surface area contributed by atoms with Gasteiger partial charge in [0.2, 0.25) is 0 Å². The quantitative estimate of drug-likeness (QED) is 0.0595. The molecule has 1 aliphatic heterocycles. The maximum absolute atomic E-state index is 11.9. The Bertz CT molecular complexity index is 2570. The maximum atomic E-state index is 11.9. The molecule has 6 aromatic carbocycles. The van der Waals surface area contributed by atoms with Crippen LogP contribution in [0.15, 0.2) is 194 Å². The van der Waals surface area contributed by atoms with Gasteiger partial charge in [0.25, 0.3) is 25.0 Å². The predicted molar refractivity (Wildman–Crippen MR) is 301 cm³/mol. The number of fused-ring (bicyclic) bond motifs is 3. The second kappa shape index (κ2) is 20.1. The summed E-state index contributed by atoms with van der Waals surface area (Å²) in [6, 6.07) is 66.4. The smallest absolute Gasteiger partial charge is 0.261 e. The van der Waals surface area contributed by atoms with Gasteiger partial charge in [0.1, 0.15) is 5.60 Å². The zero-order valence-corrected chi connectivity index (χ0v) is 46.9. The third kappa shape index (κ3) is 9.09. The third-order valence-electron chi connectivity index (χ3n) is 16.8. The van der Waals surface area contributed by atoms with Crippen LogP contribution in [0, 0.1) is 17.3 Å². The largest absolute Gasteiger partial charge is 0.407 e. The number of rotatable bonds is 16. The minimum Gasteiger partial charge on any atom is -0.407 e. The van der Waals surface area contributed by atoms with Gasteiger partial charge in [-0.1, -0.05) is 250 Å². The van der Waals surface area contributed by atoms with E-state index in [9.17, 15) is 5.11 Å². The lowest BCUT2D eigenvalue weighted by atomic mass is 9.70. The average molecular weight is 1000 g/mol. The van der Waals surface area contributed by atoms with E-state index in [1.807, 2.05) is 0 Å². The highest BCUT2D eigenvalue weighted by Gasteiger charge is 2.67. The summed E-state index contributed by atoms with van der Waals surface area (Å²) < 4.78 is 31.6. The summed E-state index contributed by atoms with van der Waals surface area (Å²) >= 11 is 0. The first-order valence-corrected chi connectivity index (χ1v) is 32.0. The van der Waals surface area contributed by atoms with Crippen molar-refractivity contribution in [1.29, 1.82) is 0 Å². The van der Waals surface area contributed by atoms with Crippen LogP contribution in [-0.2, 0) is 18.0 Å². The van der Waals surface area contributed by atoms with E-state index in [2.05, 4.69) is 250 Å². The first-order chi connectivity index (χ1) is 34.0.